The lowest BCUT2D eigenvalue weighted by Gasteiger charge is -2.11. The van der Waals surface area contributed by atoms with Gasteiger partial charge in [-0.1, -0.05) is 17.7 Å². The lowest BCUT2D eigenvalue weighted by Crippen LogP contribution is -2.33. The number of carbonyl (C=O) groups is 1. The molecule has 1 fully saturated rings. The first kappa shape index (κ1) is 17.2. The third-order valence-electron chi connectivity index (χ3n) is 3.14. The third kappa shape index (κ3) is 5.29. The smallest absolute Gasteiger partial charge is 0.238 e. The molecule has 1 aliphatic rings. The van der Waals surface area contributed by atoms with Gasteiger partial charge in [-0.2, -0.15) is 0 Å². The summed E-state index contributed by atoms with van der Waals surface area (Å²) in [4.78, 5) is 11.7. The first-order chi connectivity index (χ1) is 9.15. The zero-order valence-corrected chi connectivity index (χ0v) is 13.0. The van der Waals surface area contributed by atoms with Crippen molar-refractivity contribution < 1.29 is 9.53 Å². The monoisotopic (exact) mass is 318 g/mol. The molecule has 0 radical (unpaired) electrons. The fourth-order valence-electron chi connectivity index (χ4n) is 2.03. The molecule has 0 aliphatic carbocycles. The Hall–Kier alpha value is -0.810. The first-order valence-electron chi connectivity index (χ1n) is 6.53. The summed E-state index contributed by atoms with van der Waals surface area (Å²) in [5.74, 6) is -0.0714. The number of rotatable bonds is 5. The predicted molar refractivity (Wildman–Crippen MR) is 83.9 cm³/mol. The van der Waals surface area contributed by atoms with Crippen molar-refractivity contribution in [1.29, 1.82) is 0 Å². The molecule has 1 saturated heterocycles. The molecule has 1 unspecified atom stereocenters. The van der Waals surface area contributed by atoms with Crippen LogP contribution in [0.5, 0.6) is 0 Å². The minimum Gasteiger partial charge on any atom is -0.377 e. The SMILES string of the molecule is Cc1ccc(NC(=O)CNCC2CCCO2)cc1Cl.Cl. The van der Waals surface area contributed by atoms with Crippen molar-refractivity contribution in [3.05, 3.63) is 28.8 Å². The van der Waals surface area contributed by atoms with Crippen LogP contribution in [-0.2, 0) is 9.53 Å². The van der Waals surface area contributed by atoms with Crippen molar-refractivity contribution in [2.24, 2.45) is 0 Å². The van der Waals surface area contributed by atoms with Gasteiger partial charge in [0.2, 0.25) is 5.91 Å². The van der Waals surface area contributed by atoms with Crippen LogP contribution in [0.4, 0.5) is 5.69 Å². The summed E-state index contributed by atoms with van der Waals surface area (Å²) >= 11 is 6.00. The van der Waals surface area contributed by atoms with Gasteiger partial charge in [-0.05, 0) is 37.5 Å². The van der Waals surface area contributed by atoms with E-state index >= 15 is 0 Å². The maximum atomic E-state index is 11.7. The zero-order valence-electron chi connectivity index (χ0n) is 11.4. The van der Waals surface area contributed by atoms with Crippen molar-refractivity contribution in [2.75, 3.05) is 25.0 Å². The number of carbonyl (C=O) groups excluding carboxylic acids is 1. The van der Waals surface area contributed by atoms with E-state index in [4.69, 9.17) is 16.3 Å². The van der Waals surface area contributed by atoms with Crippen LogP contribution in [0.1, 0.15) is 18.4 Å². The number of aryl methyl sites for hydroxylation is 1. The summed E-state index contributed by atoms with van der Waals surface area (Å²) in [6, 6.07) is 5.49. The molecule has 2 N–H and O–H groups in total. The minimum atomic E-state index is -0.0714. The highest BCUT2D eigenvalue weighted by molar-refractivity contribution is 6.31. The van der Waals surface area contributed by atoms with E-state index < -0.39 is 0 Å². The summed E-state index contributed by atoms with van der Waals surface area (Å²) < 4.78 is 5.47. The maximum Gasteiger partial charge on any atom is 0.238 e. The molecule has 1 atom stereocenters. The van der Waals surface area contributed by atoms with Crippen molar-refractivity contribution in [3.63, 3.8) is 0 Å². The van der Waals surface area contributed by atoms with E-state index in [0.717, 1.165) is 37.2 Å². The number of hydrogen-bond acceptors (Lipinski definition) is 3. The van der Waals surface area contributed by atoms with Gasteiger partial charge < -0.3 is 15.4 Å². The summed E-state index contributed by atoms with van der Waals surface area (Å²) in [5, 5.41) is 6.57. The molecule has 1 aliphatic heterocycles. The van der Waals surface area contributed by atoms with E-state index in [0.29, 0.717) is 5.02 Å². The molecule has 0 spiro atoms. The Balaban J connectivity index is 0.00000200. The van der Waals surface area contributed by atoms with Gasteiger partial charge in [-0.15, -0.1) is 12.4 Å². The summed E-state index contributed by atoms with van der Waals surface area (Å²) in [6.45, 7) is 3.77. The van der Waals surface area contributed by atoms with Gasteiger partial charge in [-0.3, -0.25) is 4.79 Å². The van der Waals surface area contributed by atoms with Crippen molar-refractivity contribution in [3.8, 4) is 0 Å². The van der Waals surface area contributed by atoms with Gasteiger partial charge >= 0.3 is 0 Å². The minimum absolute atomic E-state index is 0. The van der Waals surface area contributed by atoms with E-state index in [1.807, 2.05) is 19.1 Å². The van der Waals surface area contributed by atoms with Crippen molar-refractivity contribution in [2.45, 2.75) is 25.9 Å². The number of amides is 1. The van der Waals surface area contributed by atoms with Crippen LogP contribution in [0.2, 0.25) is 5.02 Å². The number of hydrogen-bond donors (Lipinski definition) is 2. The van der Waals surface area contributed by atoms with Crippen molar-refractivity contribution >= 4 is 35.6 Å². The standard InChI is InChI=1S/C14H19ClN2O2.ClH/c1-10-4-5-11(7-13(10)15)17-14(18)9-16-8-12-3-2-6-19-12;/h4-5,7,12,16H,2-3,6,8-9H2,1H3,(H,17,18);1H. The van der Waals surface area contributed by atoms with Gasteiger partial charge in [0, 0.05) is 23.9 Å². The Labute approximate surface area is 130 Å². The second kappa shape index (κ2) is 8.47. The molecule has 0 aromatic heterocycles. The Morgan fingerprint density at radius 3 is 2.95 bits per heavy atom. The number of nitrogens with one attached hydrogen (secondary N) is 2. The van der Waals surface area contributed by atoms with E-state index in [-0.39, 0.29) is 31.0 Å². The Kier molecular flexibility index (Phi) is 7.30. The molecule has 1 heterocycles. The van der Waals surface area contributed by atoms with Gasteiger partial charge in [0.05, 0.1) is 12.6 Å². The predicted octanol–water partition coefficient (Wildman–Crippen LogP) is 2.78. The van der Waals surface area contributed by atoms with E-state index in [1.165, 1.54) is 0 Å². The molecule has 1 amide bonds. The van der Waals surface area contributed by atoms with E-state index in [1.54, 1.807) is 6.07 Å². The van der Waals surface area contributed by atoms with Crippen LogP contribution in [0.3, 0.4) is 0 Å². The average Bonchev–Trinajstić information content (AvgIpc) is 2.87. The maximum absolute atomic E-state index is 11.7. The second-order valence-electron chi connectivity index (χ2n) is 4.78. The van der Waals surface area contributed by atoms with E-state index in [2.05, 4.69) is 10.6 Å². The Morgan fingerprint density at radius 1 is 1.50 bits per heavy atom. The summed E-state index contributed by atoms with van der Waals surface area (Å²) in [6.07, 6.45) is 2.43. The molecule has 1 aromatic carbocycles. The fraction of sp³-hybridized carbons (Fsp3) is 0.500. The molecule has 0 saturated carbocycles. The quantitative estimate of drug-likeness (QED) is 0.877. The van der Waals surface area contributed by atoms with E-state index in [9.17, 15) is 4.79 Å². The highest BCUT2D eigenvalue weighted by Crippen LogP contribution is 2.19. The van der Waals surface area contributed by atoms with Crippen molar-refractivity contribution in [1.82, 2.24) is 5.32 Å². The molecule has 6 heteroatoms. The molecule has 4 nitrogen and oxygen atoms in total. The Bertz CT molecular complexity index is 449. The number of halogens is 2. The van der Waals surface area contributed by atoms with Gasteiger partial charge in [-0.25, -0.2) is 0 Å². The van der Waals surface area contributed by atoms with Gasteiger partial charge in [0.1, 0.15) is 0 Å². The van der Waals surface area contributed by atoms with Gasteiger partial charge in [0.25, 0.3) is 0 Å². The first-order valence-corrected chi connectivity index (χ1v) is 6.91. The molecule has 1 aromatic rings. The largest absolute Gasteiger partial charge is 0.377 e. The number of benzene rings is 1. The van der Waals surface area contributed by atoms with Crippen LogP contribution >= 0.6 is 24.0 Å². The van der Waals surface area contributed by atoms with Crippen LogP contribution in [-0.4, -0.2) is 31.7 Å². The van der Waals surface area contributed by atoms with Crippen LogP contribution < -0.4 is 10.6 Å². The second-order valence-corrected chi connectivity index (χ2v) is 5.19. The summed E-state index contributed by atoms with van der Waals surface area (Å²) in [7, 11) is 0. The van der Waals surface area contributed by atoms with Gasteiger partial charge in [0.15, 0.2) is 0 Å². The average molecular weight is 319 g/mol. The zero-order chi connectivity index (χ0) is 13.7. The molecule has 112 valence electrons. The molecule has 20 heavy (non-hydrogen) atoms. The highest BCUT2D eigenvalue weighted by Gasteiger charge is 2.15. The molecular formula is C14H20Cl2N2O2. The lowest BCUT2D eigenvalue weighted by molar-refractivity contribution is -0.115. The highest BCUT2D eigenvalue weighted by atomic mass is 35.5. The normalized spacial score (nSPS) is 17.6. The fourth-order valence-corrected chi connectivity index (χ4v) is 2.21. The van der Waals surface area contributed by atoms with Crippen LogP contribution in [0.15, 0.2) is 18.2 Å². The molecule has 2 rings (SSSR count). The Morgan fingerprint density at radius 2 is 2.30 bits per heavy atom. The number of ether oxygens (including phenoxy) is 1. The molecule has 0 bridgehead atoms. The molecular weight excluding hydrogens is 299 g/mol. The van der Waals surface area contributed by atoms with Crippen LogP contribution in [0.25, 0.3) is 0 Å². The third-order valence-corrected chi connectivity index (χ3v) is 3.54. The summed E-state index contributed by atoms with van der Waals surface area (Å²) in [5.41, 5.74) is 1.72. The topological polar surface area (TPSA) is 50.4 Å². The number of anilines is 1. The van der Waals surface area contributed by atoms with Crippen LogP contribution in [0, 0.1) is 6.92 Å². The lowest BCUT2D eigenvalue weighted by atomic mass is 10.2.